The number of amides is 1. The van der Waals surface area contributed by atoms with Crippen LogP contribution in [0.1, 0.15) is 26.3 Å². The van der Waals surface area contributed by atoms with Gasteiger partial charge in [0.1, 0.15) is 17.1 Å². The molecule has 6 heteroatoms. The van der Waals surface area contributed by atoms with Crippen LogP contribution in [-0.4, -0.2) is 47.9 Å². The van der Waals surface area contributed by atoms with E-state index in [1.165, 1.54) is 0 Å². The molecule has 0 aliphatic carbocycles. The van der Waals surface area contributed by atoms with Crippen LogP contribution in [0.3, 0.4) is 0 Å². The van der Waals surface area contributed by atoms with E-state index < -0.39 is 5.60 Å². The SMILES string of the molecule is COc1ccc(O)c(CNC2CN(C(=O)OC(C)(C)C)C2)c1. The zero-order chi connectivity index (χ0) is 16.3. The lowest BCUT2D eigenvalue weighted by Crippen LogP contribution is -2.60. The monoisotopic (exact) mass is 308 g/mol. The quantitative estimate of drug-likeness (QED) is 0.891. The van der Waals surface area contributed by atoms with Crippen molar-refractivity contribution in [1.29, 1.82) is 0 Å². The first-order valence-electron chi connectivity index (χ1n) is 7.35. The molecule has 0 radical (unpaired) electrons. The molecule has 0 unspecified atom stereocenters. The second kappa shape index (κ2) is 6.44. The highest BCUT2D eigenvalue weighted by atomic mass is 16.6. The Morgan fingerprint density at radius 3 is 2.68 bits per heavy atom. The van der Waals surface area contributed by atoms with Crippen molar-refractivity contribution in [3.8, 4) is 11.5 Å². The summed E-state index contributed by atoms with van der Waals surface area (Å²) in [5.74, 6) is 0.940. The first kappa shape index (κ1) is 16.4. The van der Waals surface area contributed by atoms with Crippen molar-refractivity contribution in [2.24, 2.45) is 0 Å². The summed E-state index contributed by atoms with van der Waals surface area (Å²) < 4.78 is 10.4. The molecule has 0 spiro atoms. The number of nitrogens with zero attached hydrogens (tertiary/aromatic N) is 1. The van der Waals surface area contributed by atoms with E-state index in [9.17, 15) is 9.90 Å². The molecular formula is C16H24N2O4. The van der Waals surface area contributed by atoms with E-state index in [-0.39, 0.29) is 17.9 Å². The van der Waals surface area contributed by atoms with Crippen LogP contribution in [0.4, 0.5) is 4.79 Å². The van der Waals surface area contributed by atoms with E-state index in [4.69, 9.17) is 9.47 Å². The Bertz CT molecular complexity index is 533. The zero-order valence-electron chi connectivity index (χ0n) is 13.5. The smallest absolute Gasteiger partial charge is 0.410 e. The number of ether oxygens (including phenoxy) is 2. The molecule has 1 aliphatic heterocycles. The number of benzene rings is 1. The molecule has 0 atom stereocenters. The van der Waals surface area contributed by atoms with Gasteiger partial charge in [-0.1, -0.05) is 0 Å². The second-order valence-corrected chi connectivity index (χ2v) is 6.46. The van der Waals surface area contributed by atoms with Crippen LogP contribution >= 0.6 is 0 Å². The molecule has 6 nitrogen and oxygen atoms in total. The van der Waals surface area contributed by atoms with Crippen molar-refractivity contribution in [2.45, 2.75) is 39.0 Å². The van der Waals surface area contributed by atoms with Crippen LogP contribution in [0.15, 0.2) is 18.2 Å². The number of phenols is 1. The Kier molecular flexibility index (Phi) is 4.81. The number of methoxy groups -OCH3 is 1. The Balaban J connectivity index is 1.78. The molecule has 1 saturated heterocycles. The molecule has 0 bridgehead atoms. The molecule has 1 heterocycles. The van der Waals surface area contributed by atoms with Crippen molar-refractivity contribution in [2.75, 3.05) is 20.2 Å². The Labute approximate surface area is 131 Å². The standard InChI is InChI=1S/C16H24N2O4/c1-16(2,3)22-15(20)18-9-12(10-18)17-8-11-7-13(21-4)5-6-14(11)19/h5-7,12,17,19H,8-10H2,1-4H3. The van der Waals surface area contributed by atoms with Gasteiger partial charge in [0.15, 0.2) is 0 Å². The lowest BCUT2D eigenvalue weighted by molar-refractivity contribution is 0.00516. The summed E-state index contributed by atoms with van der Waals surface area (Å²) in [5.41, 5.74) is 0.303. The number of rotatable bonds is 4. The van der Waals surface area contributed by atoms with E-state index in [0.717, 1.165) is 5.56 Å². The second-order valence-electron chi connectivity index (χ2n) is 6.46. The summed E-state index contributed by atoms with van der Waals surface area (Å²) in [6, 6.07) is 5.33. The third kappa shape index (κ3) is 4.27. The van der Waals surface area contributed by atoms with Gasteiger partial charge in [0.25, 0.3) is 0 Å². The van der Waals surface area contributed by atoms with Crippen LogP contribution in [0.5, 0.6) is 11.5 Å². The number of hydrogen-bond donors (Lipinski definition) is 2. The van der Waals surface area contributed by atoms with Crippen molar-refractivity contribution >= 4 is 6.09 Å². The predicted octanol–water partition coefficient (Wildman–Crippen LogP) is 2.11. The topological polar surface area (TPSA) is 71.0 Å². The van der Waals surface area contributed by atoms with Gasteiger partial charge in [0.2, 0.25) is 0 Å². The van der Waals surface area contributed by atoms with E-state index in [1.807, 2.05) is 20.8 Å². The molecule has 1 aliphatic rings. The van der Waals surface area contributed by atoms with Crippen LogP contribution in [0.2, 0.25) is 0 Å². The summed E-state index contributed by atoms with van der Waals surface area (Å²) in [6.45, 7) is 7.30. The number of carbonyl (C=O) groups excluding carboxylic acids is 1. The first-order chi connectivity index (χ1) is 10.3. The van der Waals surface area contributed by atoms with Crippen LogP contribution in [-0.2, 0) is 11.3 Å². The van der Waals surface area contributed by atoms with Gasteiger partial charge in [0.05, 0.1) is 7.11 Å². The average molecular weight is 308 g/mol. The molecule has 0 aromatic heterocycles. The van der Waals surface area contributed by atoms with Gasteiger partial charge in [0, 0.05) is 31.2 Å². The largest absolute Gasteiger partial charge is 0.508 e. The number of likely N-dealkylation sites (tertiary alicyclic amines) is 1. The fourth-order valence-electron chi connectivity index (χ4n) is 2.17. The minimum absolute atomic E-state index is 0.207. The summed E-state index contributed by atoms with van der Waals surface area (Å²) in [4.78, 5) is 13.5. The van der Waals surface area contributed by atoms with Crippen LogP contribution in [0.25, 0.3) is 0 Å². The van der Waals surface area contributed by atoms with Crippen LogP contribution < -0.4 is 10.1 Å². The molecule has 1 aromatic carbocycles. The highest BCUT2D eigenvalue weighted by Crippen LogP contribution is 2.23. The summed E-state index contributed by atoms with van der Waals surface area (Å²) in [5, 5.41) is 13.1. The van der Waals surface area contributed by atoms with Gasteiger partial charge < -0.3 is 24.8 Å². The molecule has 2 N–H and O–H groups in total. The van der Waals surface area contributed by atoms with E-state index >= 15 is 0 Å². The van der Waals surface area contributed by atoms with Gasteiger partial charge in [-0.3, -0.25) is 0 Å². The fourth-order valence-corrected chi connectivity index (χ4v) is 2.17. The van der Waals surface area contributed by atoms with Gasteiger partial charge in [-0.25, -0.2) is 4.79 Å². The molecule has 1 aromatic rings. The fraction of sp³-hybridized carbons (Fsp3) is 0.562. The minimum Gasteiger partial charge on any atom is -0.508 e. The minimum atomic E-state index is -0.470. The van der Waals surface area contributed by atoms with Crippen molar-refractivity contribution in [1.82, 2.24) is 10.2 Å². The maximum atomic E-state index is 11.8. The highest BCUT2D eigenvalue weighted by molar-refractivity contribution is 5.69. The van der Waals surface area contributed by atoms with Gasteiger partial charge in [-0.15, -0.1) is 0 Å². The summed E-state index contributed by atoms with van der Waals surface area (Å²) in [6.07, 6.45) is -0.283. The molecule has 22 heavy (non-hydrogen) atoms. The molecular weight excluding hydrogens is 284 g/mol. The van der Waals surface area contributed by atoms with Gasteiger partial charge in [-0.2, -0.15) is 0 Å². The third-order valence-corrected chi connectivity index (χ3v) is 3.40. The summed E-state index contributed by atoms with van der Waals surface area (Å²) in [7, 11) is 1.59. The Morgan fingerprint density at radius 2 is 2.09 bits per heavy atom. The molecule has 1 fully saturated rings. The zero-order valence-corrected chi connectivity index (χ0v) is 13.5. The van der Waals surface area contributed by atoms with Crippen molar-refractivity contribution in [3.05, 3.63) is 23.8 Å². The first-order valence-corrected chi connectivity index (χ1v) is 7.35. The van der Waals surface area contributed by atoms with Gasteiger partial charge >= 0.3 is 6.09 Å². The predicted molar refractivity (Wildman–Crippen MR) is 83.1 cm³/mol. The number of phenolic OH excluding ortho intramolecular Hbond substituents is 1. The summed E-state index contributed by atoms with van der Waals surface area (Å²) >= 11 is 0. The molecule has 1 amide bonds. The van der Waals surface area contributed by atoms with Crippen LogP contribution in [0, 0.1) is 0 Å². The molecule has 122 valence electrons. The van der Waals surface area contributed by atoms with Crippen molar-refractivity contribution < 1.29 is 19.4 Å². The third-order valence-electron chi connectivity index (χ3n) is 3.40. The molecule has 0 saturated carbocycles. The van der Waals surface area contributed by atoms with E-state index in [1.54, 1.807) is 30.2 Å². The number of hydrogen-bond acceptors (Lipinski definition) is 5. The lowest BCUT2D eigenvalue weighted by Gasteiger charge is -2.40. The number of carbonyl (C=O) groups is 1. The van der Waals surface area contributed by atoms with Gasteiger partial charge in [-0.05, 0) is 39.0 Å². The average Bonchev–Trinajstić information content (AvgIpc) is 2.36. The maximum absolute atomic E-state index is 11.8. The molecule has 2 rings (SSSR count). The Morgan fingerprint density at radius 1 is 1.41 bits per heavy atom. The maximum Gasteiger partial charge on any atom is 0.410 e. The number of nitrogens with one attached hydrogen (secondary N) is 1. The van der Waals surface area contributed by atoms with E-state index in [0.29, 0.717) is 25.4 Å². The van der Waals surface area contributed by atoms with Crippen molar-refractivity contribution in [3.63, 3.8) is 0 Å². The van der Waals surface area contributed by atoms with E-state index in [2.05, 4.69) is 5.32 Å². The Hall–Kier alpha value is -1.95. The normalized spacial score (nSPS) is 15.4. The number of aromatic hydroxyl groups is 1. The highest BCUT2D eigenvalue weighted by Gasteiger charge is 2.33. The lowest BCUT2D eigenvalue weighted by atomic mass is 10.1.